The zero-order chi connectivity index (χ0) is 20.4. The van der Waals surface area contributed by atoms with Gasteiger partial charge in [-0.1, -0.05) is 0 Å². The van der Waals surface area contributed by atoms with Gasteiger partial charge in [0.25, 0.3) is 5.95 Å². The largest absolute Gasteiger partial charge is 0.495 e. The number of halogens is 1. The summed E-state index contributed by atoms with van der Waals surface area (Å²) in [5.41, 5.74) is 2.10. The summed E-state index contributed by atoms with van der Waals surface area (Å²) in [5, 5.41) is 7.25. The number of nitrogens with one attached hydrogen (secondary N) is 1. The molecular formula is C19H17FN8O. The summed E-state index contributed by atoms with van der Waals surface area (Å²) in [6.07, 6.45) is 7.53. The van der Waals surface area contributed by atoms with E-state index in [1.165, 1.54) is 38.1 Å². The molecule has 0 bridgehead atoms. The van der Waals surface area contributed by atoms with Crippen LogP contribution in [0.4, 0.5) is 16.0 Å². The molecule has 0 atom stereocenters. The Hall–Kier alpha value is -3.95. The van der Waals surface area contributed by atoms with Crippen LogP contribution in [0.1, 0.15) is 11.4 Å². The number of aromatic nitrogens is 7. The number of anilines is 2. The van der Waals surface area contributed by atoms with Crippen LogP contribution in [-0.2, 0) is 0 Å². The molecule has 0 saturated carbocycles. The van der Waals surface area contributed by atoms with Crippen LogP contribution in [0, 0.1) is 19.7 Å². The minimum Gasteiger partial charge on any atom is -0.495 e. The predicted molar refractivity (Wildman–Crippen MR) is 104 cm³/mol. The van der Waals surface area contributed by atoms with Crippen LogP contribution >= 0.6 is 0 Å². The van der Waals surface area contributed by atoms with Crippen molar-refractivity contribution in [2.24, 2.45) is 0 Å². The number of rotatable bonds is 5. The molecule has 4 heterocycles. The van der Waals surface area contributed by atoms with Gasteiger partial charge in [0.05, 0.1) is 25.2 Å². The van der Waals surface area contributed by atoms with Crippen molar-refractivity contribution < 1.29 is 9.13 Å². The van der Waals surface area contributed by atoms with Crippen LogP contribution in [0.25, 0.3) is 17.2 Å². The van der Waals surface area contributed by atoms with E-state index in [0.29, 0.717) is 17.1 Å². The van der Waals surface area contributed by atoms with Crippen LogP contribution in [0.2, 0.25) is 0 Å². The Balaban J connectivity index is 1.90. The van der Waals surface area contributed by atoms with Gasteiger partial charge in [-0.15, -0.1) is 0 Å². The first-order valence-electron chi connectivity index (χ1n) is 8.69. The second-order valence-electron chi connectivity index (χ2n) is 6.20. The first kappa shape index (κ1) is 18.4. The van der Waals surface area contributed by atoms with Crippen LogP contribution in [0.3, 0.4) is 0 Å². The van der Waals surface area contributed by atoms with E-state index in [2.05, 4.69) is 35.3 Å². The highest BCUT2D eigenvalue weighted by atomic mass is 19.1. The Morgan fingerprint density at radius 2 is 1.90 bits per heavy atom. The Morgan fingerprint density at radius 1 is 1.03 bits per heavy atom. The molecule has 0 aliphatic carbocycles. The van der Waals surface area contributed by atoms with E-state index in [1.54, 1.807) is 10.7 Å². The molecular weight excluding hydrogens is 375 g/mol. The van der Waals surface area contributed by atoms with E-state index >= 15 is 4.39 Å². The van der Waals surface area contributed by atoms with E-state index in [-0.39, 0.29) is 17.5 Å². The maximum absolute atomic E-state index is 15.3. The fourth-order valence-corrected chi connectivity index (χ4v) is 2.78. The van der Waals surface area contributed by atoms with Crippen molar-refractivity contribution in [3.8, 4) is 23.0 Å². The van der Waals surface area contributed by atoms with Crippen LogP contribution < -0.4 is 10.1 Å². The molecule has 1 N–H and O–H groups in total. The molecule has 0 saturated heterocycles. The molecule has 0 aliphatic heterocycles. The number of hydrogen-bond donors (Lipinski definition) is 1. The van der Waals surface area contributed by atoms with Crippen molar-refractivity contribution in [3.05, 3.63) is 60.3 Å². The summed E-state index contributed by atoms with van der Waals surface area (Å²) in [7, 11) is 1.51. The molecule has 0 unspecified atom stereocenters. The van der Waals surface area contributed by atoms with Gasteiger partial charge in [-0.05, 0) is 26.0 Å². The molecule has 146 valence electrons. The molecule has 4 aromatic rings. The lowest BCUT2D eigenvalue weighted by Gasteiger charge is -2.12. The van der Waals surface area contributed by atoms with Crippen molar-refractivity contribution in [2.45, 2.75) is 13.8 Å². The predicted octanol–water partition coefficient (Wildman–Crippen LogP) is 3.02. The lowest BCUT2D eigenvalue weighted by atomic mass is 10.2. The van der Waals surface area contributed by atoms with Crippen molar-refractivity contribution in [1.29, 1.82) is 0 Å². The number of nitrogens with zero attached hydrogens (tertiary/aromatic N) is 7. The minimum absolute atomic E-state index is 0.0547. The highest BCUT2D eigenvalue weighted by molar-refractivity contribution is 5.67. The summed E-state index contributed by atoms with van der Waals surface area (Å²) in [4.78, 5) is 20.9. The van der Waals surface area contributed by atoms with Crippen molar-refractivity contribution in [2.75, 3.05) is 12.4 Å². The van der Waals surface area contributed by atoms with E-state index in [4.69, 9.17) is 4.74 Å². The molecule has 4 aromatic heterocycles. The van der Waals surface area contributed by atoms with Gasteiger partial charge in [-0.2, -0.15) is 10.1 Å². The topological polar surface area (TPSA) is 104 Å². The Labute approximate surface area is 165 Å². The third kappa shape index (κ3) is 3.72. The fraction of sp³-hybridized carbons (Fsp3) is 0.158. The smallest absolute Gasteiger partial charge is 0.253 e. The minimum atomic E-state index is -0.656. The fourth-order valence-electron chi connectivity index (χ4n) is 2.78. The summed E-state index contributed by atoms with van der Waals surface area (Å²) in [6, 6.07) is 3.53. The number of methoxy groups -OCH3 is 1. The summed E-state index contributed by atoms with van der Waals surface area (Å²) >= 11 is 0. The van der Waals surface area contributed by atoms with Gasteiger partial charge < -0.3 is 10.1 Å². The SMILES string of the molecule is COc1cncc(-c2nc(-n3nc(C)cc3C)nc(Nc3cnccn3)c2F)c1. The van der Waals surface area contributed by atoms with E-state index in [0.717, 1.165) is 11.4 Å². The van der Waals surface area contributed by atoms with Gasteiger partial charge in [0.15, 0.2) is 11.6 Å². The van der Waals surface area contributed by atoms with Crippen LogP contribution in [0.15, 0.2) is 43.1 Å². The Kier molecular flexibility index (Phi) is 4.82. The highest BCUT2D eigenvalue weighted by Gasteiger charge is 2.20. The molecule has 0 fully saturated rings. The molecule has 9 nitrogen and oxygen atoms in total. The second-order valence-corrected chi connectivity index (χ2v) is 6.20. The molecule has 10 heteroatoms. The van der Waals surface area contributed by atoms with Gasteiger partial charge >= 0.3 is 0 Å². The normalized spacial score (nSPS) is 10.8. The van der Waals surface area contributed by atoms with Gasteiger partial charge in [0, 0.05) is 29.8 Å². The standard InChI is InChI=1S/C19H17FN8O/c1-11-6-12(2)28(27-11)19-25-17(13-7-14(29-3)9-22-8-13)16(20)18(26-19)24-15-10-21-4-5-23-15/h4-10H,1-3H3,(H,23,24,25,26). The second kappa shape index (κ2) is 7.58. The Morgan fingerprint density at radius 3 is 2.59 bits per heavy atom. The third-order valence-corrected chi connectivity index (χ3v) is 4.07. The molecule has 0 aliphatic rings. The first-order chi connectivity index (χ1) is 14.0. The summed E-state index contributed by atoms with van der Waals surface area (Å²) in [6.45, 7) is 3.73. The highest BCUT2D eigenvalue weighted by Crippen LogP contribution is 2.29. The van der Waals surface area contributed by atoms with Gasteiger partial charge in [-0.25, -0.2) is 19.0 Å². The van der Waals surface area contributed by atoms with Gasteiger partial charge in [0.2, 0.25) is 0 Å². The number of pyridine rings is 1. The number of ether oxygens (including phenoxy) is 1. The quantitative estimate of drug-likeness (QED) is 0.553. The van der Waals surface area contributed by atoms with E-state index < -0.39 is 5.82 Å². The maximum atomic E-state index is 15.3. The average Bonchev–Trinajstić information content (AvgIpc) is 3.08. The number of aryl methyl sites for hydroxylation is 2. The van der Waals surface area contributed by atoms with Gasteiger partial charge in [0.1, 0.15) is 17.3 Å². The Bertz CT molecular complexity index is 1160. The molecule has 0 amide bonds. The van der Waals surface area contributed by atoms with E-state index in [1.807, 2.05) is 19.9 Å². The lowest BCUT2D eigenvalue weighted by molar-refractivity contribution is 0.413. The van der Waals surface area contributed by atoms with Gasteiger partial charge in [-0.3, -0.25) is 9.97 Å². The summed E-state index contributed by atoms with van der Waals surface area (Å²) in [5.74, 6) is 0.328. The summed E-state index contributed by atoms with van der Waals surface area (Å²) < 4.78 is 22.1. The maximum Gasteiger partial charge on any atom is 0.253 e. The molecule has 0 aromatic carbocycles. The average molecular weight is 392 g/mol. The third-order valence-electron chi connectivity index (χ3n) is 4.07. The van der Waals surface area contributed by atoms with Crippen molar-refractivity contribution >= 4 is 11.6 Å². The van der Waals surface area contributed by atoms with Crippen molar-refractivity contribution in [3.63, 3.8) is 0 Å². The van der Waals surface area contributed by atoms with Crippen molar-refractivity contribution in [1.82, 2.24) is 34.7 Å². The zero-order valence-electron chi connectivity index (χ0n) is 16.0. The first-order valence-corrected chi connectivity index (χ1v) is 8.69. The number of hydrogen-bond acceptors (Lipinski definition) is 8. The molecule has 0 spiro atoms. The molecule has 29 heavy (non-hydrogen) atoms. The zero-order valence-corrected chi connectivity index (χ0v) is 16.0. The molecule has 0 radical (unpaired) electrons. The van der Waals surface area contributed by atoms with E-state index in [9.17, 15) is 0 Å². The van der Waals surface area contributed by atoms with Crippen LogP contribution in [0.5, 0.6) is 5.75 Å². The lowest BCUT2D eigenvalue weighted by Crippen LogP contribution is -2.11. The molecule has 4 rings (SSSR count). The monoisotopic (exact) mass is 392 g/mol. The van der Waals surface area contributed by atoms with Crippen LogP contribution in [-0.4, -0.2) is 41.8 Å².